The first-order valence-corrected chi connectivity index (χ1v) is 11.2. The second-order valence-corrected chi connectivity index (χ2v) is 8.29. The molecule has 0 aliphatic carbocycles. The number of hydrogen-bond donors (Lipinski definition) is 0. The van der Waals surface area contributed by atoms with Gasteiger partial charge in [0.05, 0.1) is 34.1 Å². The van der Waals surface area contributed by atoms with Crippen molar-refractivity contribution >= 4 is 39.8 Å². The van der Waals surface area contributed by atoms with Gasteiger partial charge < -0.3 is 33.5 Å². The lowest BCUT2D eigenvalue weighted by Crippen LogP contribution is -2.26. The Balaban J connectivity index is 2.50. The van der Waals surface area contributed by atoms with E-state index in [0.717, 1.165) is 16.3 Å². The number of nitrogens with zero attached hydrogens (tertiary/aromatic N) is 2. The van der Waals surface area contributed by atoms with Gasteiger partial charge in [-0.3, -0.25) is 4.79 Å². The SMILES string of the molecule is COc1ccc(-c2c(OC(=S)N(C)C)cc3cc(OC)c(OC)cc3c2N(C)C(C)=O)cc1OC. The molecule has 0 atom stereocenters. The Hall–Kier alpha value is -3.72. The molecule has 1 amide bonds. The standard InChI is InChI=1S/C26H30N2O6S/c1-15(29)28(4)25-18-14-22(33-8)21(32-7)12-17(18)13-23(34-26(35)27(2)3)24(25)16-9-10-19(30-5)20(11-16)31-6/h9-14H,1-8H3. The smallest absolute Gasteiger partial charge is 0.264 e. The first kappa shape index (κ1) is 25.9. The molecule has 3 rings (SSSR count). The Morgan fingerprint density at radius 1 is 0.771 bits per heavy atom. The summed E-state index contributed by atoms with van der Waals surface area (Å²) in [6.45, 7) is 1.50. The van der Waals surface area contributed by atoms with Crippen LogP contribution in [0.5, 0.6) is 28.7 Å². The maximum Gasteiger partial charge on any atom is 0.264 e. The zero-order valence-electron chi connectivity index (χ0n) is 21.2. The van der Waals surface area contributed by atoms with E-state index in [0.29, 0.717) is 40.0 Å². The molecule has 0 bridgehead atoms. The second-order valence-electron chi connectivity index (χ2n) is 7.94. The Kier molecular flexibility index (Phi) is 7.91. The Morgan fingerprint density at radius 3 is 1.86 bits per heavy atom. The van der Waals surface area contributed by atoms with E-state index in [1.807, 2.05) is 30.3 Å². The molecule has 0 aliphatic heterocycles. The molecule has 0 aromatic heterocycles. The van der Waals surface area contributed by atoms with Crippen LogP contribution in [0.4, 0.5) is 5.69 Å². The topological polar surface area (TPSA) is 69.7 Å². The summed E-state index contributed by atoms with van der Waals surface area (Å²) in [7, 11) is 11.6. The average Bonchev–Trinajstić information content (AvgIpc) is 2.85. The first-order chi connectivity index (χ1) is 16.7. The first-order valence-electron chi connectivity index (χ1n) is 10.7. The highest BCUT2D eigenvalue weighted by Crippen LogP contribution is 2.48. The summed E-state index contributed by atoms with van der Waals surface area (Å²) in [5, 5.41) is 1.82. The highest BCUT2D eigenvalue weighted by molar-refractivity contribution is 7.80. The van der Waals surface area contributed by atoms with Crippen molar-refractivity contribution in [2.45, 2.75) is 6.92 Å². The molecule has 186 valence electrons. The maximum atomic E-state index is 12.7. The molecule has 3 aromatic rings. The fraction of sp³-hybridized carbons (Fsp3) is 0.308. The summed E-state index contributed by atoms with van der Waals surface area (Å²) in [4.78, 5) is 15.9. The van der Waals surface area contributed by atoms with Crippen LogP contribution >= 0.6 is 12.2 Å². The molecule has 0 heterocycles. The van der Waals surface area contributed by atoms with Gasteiger partial charge in [0.2, 0.25) is 5.91 Å². The molecule has 0 radical (unpaired) electrons. The van der Waals surface area contributed by atoms with E-state index in [-0.39, 0.29) is 11.1 Å². The Morgan fingerprint density at radius 2 is 1.31 bits per heavy atom. The van der Waals surface area contributed by atoms with E-state index in [1.165, 1.54) is 6.92 Å². The van der Waals surface area contributed by atoms with Crippen LogP contribution in [0, 0.1) is 0 Å². The fourth-order valence-electron chi connectivity index (χ4n) is 3.73. The minimum Gasteiger partial charge on any atom is -0.493 e. The molecular formula is C26H30N2O6S. The molecule has 35 heavy (non-hydrogen) atoms. The minimum absolute atomic E-state index is 0.157. The number of amides is 1. The molecule has 0 unspecified atom stereocenters. The van der Waals surface area contributed by atoms with Crippen LogP contribution in [-0.2, 0) is 4.79 Å². The zero-order chi connectivity index (χ0) is 25.9. The van der Waals surface area contributed by atoms with Gasteiger partial charge in [0.1, 0.15) is 5.75 Å². The van der Waals surface area contributed by atoms with Gasteiger partial charge in [-0.25, -0.2) is 0 Å². The van der Waals surface area contributed by atoms with Crippen LogP contribution in [0.2, 0.25) is 0 Å². The summed E-state index contributed by atoms with van der Waals surface area (Å²) in [6.07, 6.45) is 0. The Labute approximate surface area is 210 Å². The normalized spacial score (nSPS) is 10.5. The van der Waals surface area contributed by atoms with Crippen molar-refractivity contribution in [1.29, 1.82) is 0 Å². The summed E-state index contributed by atoms with van der Waals surface area (Å²) in [5.74, 6) is 2.52. The van der Waals surface area contributed by atoms with Crippen LogP contribution in [0.25, 0.3) is 21.9 Å². The van der Waals surface area contributed by atoms with Gasteiger partial charge >= 0.3 is 0 Å². The lowest BCUT2D eigenvalue weighted by molar-refractivity contribution is -0.116. The van der Waals surface area contributed by atoms with Gasteiger partial charge in [-0.2, -0.15) is 0 Å². The predicted molar refractivity (Wildman–Crippen MR) is 142 cm³/mol. The summed E-state index contributed by atoms with van der Waals surface area (Å²) in [6, 6.07) is 11.1. The van der Waals surface area contributed by atoms with E-state index >= 15 is 0 Å². The van der Waals surface area contributed by atoms with Crippen molar-refractivity contribution in [1.82, 2.24) is 4.90 Å². The monoisotopic (exact) mass is 498 g/mol. The number of fused-ring (bicyclic) bond motifs is 1. The van der Waals surface area contributed by atoms with E-state index in [9.17, 15) is 4.79 Å². The predicted octanol–water partition coefficient (Wildman–Crippen LogP) is 4.75. The van der Waals surface area contributed by atoms with Crippen molar-refractivity contribution in [3.8, 4) is 39.9 Å². The number of carbonyl (C=O) groups excluding carboxylic acids is 1. The lowest BCUT2D eigenvalue weighted by atomic mass is 9.95. The summed E-state index contributed by atoms with van der Waals surface area (Å²) >= 11 is 5.46. The molecule has 0 saturated carbocycles. The van der Waals surface area contributed by atoms with Crippen LogP contribution in [0.15, 0.2) is 36.4 Å². The minimum atomic E-state index is -0.157. The zero-order valence-corrected chi connectivity index (χ0v) is 22.0. The van der Waals surface area contributed by atoms with Crippen molar-refractivity contribution in [2.75, 3.05) is 54.5 Å². The van der Waals surface area contributed by atoms with Crippen molar-refractivity contribution < 1.29 is 28.5 Å². The van der Waals surface area contributed by atoms with Crippen molar-refractivity contribution in [3.05, 3.63) is 36.4 Å². The van der Waals surface area contributed by atoms with Gasteiger partial charge in [-0.1, -0.05) is 6.07 Å². The molecule has 9 heteroatoms. The number of methoxy groups -OCH3 is 4. The third-order valence-electron chi connectivity index (χ3n) is 5.62. The Bertz CT molecular complexity index is 1270. The van der Waals surface area contributed by atoms with Gasteiger partial charge in [0.25, 0.3) is 5.17 Å². The number of hydrogen-bond acceptors (Lipinski definition) is 7. The molecule has 8 nitrogen and oxygen atoms in total. The number of thiocarbonyl (C=S) groups is 1. The van der Waals surface area contributed by atoms with E-state index < -0.39 is 0 Å². The summed E-state index contributed by atoms with van der Waals surface area (Å²) in [5.41, 5.74) is 2.03. The molecule has 0 fully saturated rings. The largest absolute Gasteiger partial charge is 0.493 e. The van der Waals surface area contributed by atoms with E-state index in [1.54, 1.807) is 65.4 Å². The molecule has 0 N–H and O–H groups in total. The lowest BCUT2D eigenvalue weighted by Gasteiger charge is -2.26. The average molecular weight is 499 g/mol. The van der Waals surface area contributed by atoms with Crippen molar-refractivity contribution in [3.63, 3.8) is 0 Å². The number of benzene rings is 3. The fourth-order valence-corrected chi connectivity index (χ4v) is 3.82. The van der Waals surface area contributed by atoms with Gasteiger partial charge in [-0.05, 0) is 53.5 Å². The summed E-state index contributed by atoms with van der Waals surface area (Å²) < 4.78 is 28.2. The highest BCUT2D eigenvalue weighted by Gasteiger charge is 2.25. The van der Waals surface area contributed by atoms with Gasteiger partial charge in [-0.15, -0.1) is 0 Å². The molecule has 3 aromatic carbocycles. The van der Waals surface area contributed by atoms with Crippen LogP contribution in [-0.4, -0.2) is 65.6 Å². The van der Waals surface area contributed by atoms with Crippen molar-refractivity contribution in [2.24, 2.45) is 0 Å². The molecule has 0 spiro atoms. The number of carbonyl (C=O) groups is 1. The third-order valence-corrected chi connectivity index (χ3v) is 6.07. The number of anilines is 1. The number of ether oxygens (including phenoxy) is 5. The van der Waals surface area contributed by atoms with Crippen LogP contribution in [0.3, 0.4) is 0 Å². The third kappa shape index (κ3) is 5.05. The van der Waals surface area contributed by atoms with Crippen LogP contribution < -0.4 is 28.6 Å². The maximum absolute atomic E-state index is 12.7. The highest BCUT2D eigenvalue weighted by atomic mass is 32.1. The second kappa shape index (κ2) is 10.7. The molecule has 0 aliphatic rings. The molecule has 0 saturated heterocycles. The van der Waals surface area contributed by atoms with Crippen LogP contribution in [0.1, 0.15) is 6.92 Å². The quantitative estimate of drug-likeness (QED) is 0.433. The molecular weight excluding hydrogens is 468 g/mol. The van der Waals surface area contributed by atoms with E-state index in [4.69, 9.17) is 35.9 Å². The van der Waals surface area contributed by atoms with Gasteiger partial charge in [0, 0.05) is 39.0 Å². The van der Waals surface area contributed by atoms with E-state index in [2.05, 4.69) is 0 Å². The van der Waals surface area contributed by atoms with Gasteiger partial charge in [0.15, 0.2) is 23.0 Å². The number of rotatable bonds is 7.